The van der Waals surface area contributed by atoms with Gasteiger partial charge in [-0.25, -0.2) is 0 Å². The van der Waals surface area contributed by atoms with Gasteiger partial charge in [0.05, 0.1) is 11.6 Å². The number of amides is 1. The van der Waals surface area contributed by atoms with Crippen molar-refractivity contribution in [3.63, 3.8) is 0 Å². The quantitative estimate of drug-likeness (QED) is 0.880. The lowest BCUT2D eigenvalue weighted by atomic mass is 9.89. The van der Waals surface area contributed by atoms with Crippen LogP contribution in [0.4, 0.5) is 0 Å². The molecule has 0 spiro atoms. The summed E-state index contributed by atoms with van der Waals surface area (Å²) in [4.78, 5) is 13.7. The monoisotopic (exact) mass is 266 g/mol. The first-order valence-electron chi connectivity index (χ1n) is 6.75. The predicted octanol–water partition coefficient (Wildman–Crippen LogP) is 2.85. The van der Waals surface area contributed by atoms with E-state index in [-0.39, 0.29) is 17.5 Å². The average molecular weight is 266 g/mol. The largest absolute Gasteiger partial charge is 0.347 e. The van der Waals surface area contributed by atoms with Crippen LogP contribution in [-0.2, 0) is 4.79 Å². The molecule has 1 aliphatic rings. The minimum absolute atomic E-state index is 0.141. The molecular weight excluding hydrogens is 244 g/mol. The van der Waals surface area contributed by atoms with Gasteiger partial charge in [-0.05, 0) is 50.6 Å². The first-order chi connectivity index (χ1) is 8.65. The predicted molar refractivity (Wildman–Crippen MR) is 75.8 cm³/mol. The molecule has 0 radical (unpaired) electrons. The highest BCUT2D eigenvalue weighted by molar-refractivity contribution is 7.10. The van der Waals surface area contributed by atoms with Crippen LogP contribution in [0.25, 0.3) is 0 Å². The highest BCUT2D eigenvalue weighted by Gasteiger charge is 2.35. The molecule has 2 N–H and O–H groups in total. The Morgan fingerprint density at radius 1 is 1.61 bits per heavy atom. The molecule has 100 valence electrons. The first-order valence-corrected chi connectivity index (χ1v) is 7.63. The molecule has 1 amide bonds. The molecule has 1 aromatic heterocycles. The van der Waals surface area contributed by atoms with Gasteiger partial charge in [-0.1, -0.05) is 13.0 Å². The van der Waals surface area contributed by atoms with Gasteiger partial charge in [0.25, 0.3) is 0 Å². The molecule has 1 aliphatic heterocycles. The van der Waals surface area contributed by atoms with E-state index in [1.165, 1.54) is 11.3 Å². The molecule has 2 rings (SSSR count). The summed E-state index contributed by atoms with van der Waals surface area (Å²) in [5.74, 6) is 0.141. The van der Waals surface area contributed by atoms with Crippen molar-refractivity contribution in [3.05, 3.63) is 22.4 Å². The Balaban J connectivity index is 2.01. The Labute approximate surface area is 113 Å². The summed E-state index contributed by atoms with van der Waals surface area (Å²) in [5, 5.41) is 8.61. The van der Waals surface area contributed by atoms with Crippen molar-refractivity contribution in [3.8, 4) is 0 Å². The number of hydrogen-bond acceptors (Lipinski definition) is 3. The van der Waals surface area contributed by atoms with Gasteiger partial charge in [0.2, 0.25) is 5.91 Å². The van der Waals surface area contributed by atoms with Crippen molar-refractivity contribution in [1.82, 2.24) is 10.6 Å². The number of hydrogen-bond donors (Lipinski definition) is 2. The molecule has 4 heteroatoms. The smallest absolute Gasteiger partial charge is 0.240 e. The number of carbonyl (C=O) groups is 1. The van der Waals surface area contributed by atoms with E-state index in [0.29, 0.717) is 0 Å². The molecular formula is C14H22N2OS. The van der Waals surface area contributed by atoms with Gasteiger partial charge in [0.1, 0.15) is 0 Å². The van der Waals surface area contributed by atoms with Crippen molar-refractivity contribution in [2.75, 3.05) is 6.54 Å². The van der Waals surface area contributed by atoms with Gasteiger partial charge in [-0.15, -0.1) is 11.3 Å². The summed E-state index contributed by atoms with van der Waals surface area (Å²) < 4.78 is 0. The van der Waals surface area contributed by atoms with Crippen LogP contribution >= 0.6 is 11.3 Å². The van der Waals surface area contributed by atoms with Crippen LogP contribution in [0.3, 0.4) is 0 Å². The molecule has 0 aromatic carbocycles. The van der Waals surface area contributed by atoms with Gasteiger partial charge < -0.3 is 10.6 Å². The second-order valence-electron chi connectivity index (χ2n) is 5.17. The first kappa shape index (κ1) is 13.6. The van der Waals surface area contributed by atoms with E-state index >= 15 is 0 Å². The number of thiophene rings is 1. The summed E-state index contributed by atoms with van der Waals surface area (Å²) in [5.41, 5.74) is -0.386. The maximum absolute atomic E-state index is 12.4. The third kappa shape index (κ3) is 2.93. The van der Waals surface area contributed by atoms with Crippen molar-refractivity contribution in [1.29, 1.82) is 0 Å². The van der Waals surface area contributed by atoms with Gasteiger partial charge in [-0.3, -0.25) is 4.79 Å². The lowest BCUT2D eigenvalue weighted by Crippen LogP contribution is -2.57. The van der Waals surface area contributed by atoms with E-state index in [4.69, 9.17) is 0 Å². The van der Waals surface area contributed by atoms with Crippen LogP contribution in [0.5, 0.6) is 0 Å². The van der Waals surface area contributed by atoms with Gasteiger partial charge in [0.15, 0.2) is 0 Å². The van der Waals surface area contributed by atoms with E-state index in [0.717, 1.165) is 25.8 Å². The number of carbonyl (C=O) groups excluding carboxylic acids is 1. The Morgan fingerprint density at radius 3 is 3.00 bits per heavy atom. The van der Waals surface area contributed by atoms with Crippen molar-refractivity contribution >= 4 is 17.2 Å². The lowest BCUT2D eigenvalue weighted by molar-refractivity contribution is -0.128. The van der Waals surface area contributed by atoms with Crippen molar-refractivity contribution < 1.29 is 4.79 Å². The molecule has 2 unspecified atom stereocenters. The number of nitrogens with one attached hydrogen (secondary N) is 2. The average Bonchev–Trinajstić information content (AvgIpc) is 2.90. The normalized spacial score (nSPS) is 25.7. The topological polar surface area (TPSA) is 41.1 Å². The molecule has 0 saturated carbocycles. The highest BCUT2D eigenvalue weighted by Crippen LogP contribution is 2.24. The van der Waals surface area contributed by atoms with Crippen LogP contribution in [-0.4, -0.2) is 18.0 Å². The van der Waals surface area contributed by atoms with Crippen molar-refractivity contribution in [2.24, 2.45) is 0 Å². The fourth-order valence-electron chi connectivity index (χ4n) is 2.43. The Bertz CT molecular complexity index is 383. The van der Waals surface area contributed by atoms with Crippen LogP contribution < -0.4 is 10.6 Å². The standard InChI is InChI=1S/C14H22N2OS/c1-3-11(12-7-6-10-18-12)16-13(17)14(2)8-4-5-9-15-14/h6-7,10-11,15H,3-5,8-9H2,1-2H3,(H,16,17). The zero-order valence-electron chi connectivity index (χ0n) is 11.2. The van der Waals surface area contributed by atoms with Gasteiger partial charge in [-0.2, -0.15) is 0 Å². The summed E-state index contributed by atoms with van der Waals surface area (Å²) in [6.07, 6.45) is 4.17. The van der Waals surface area contributed by atoms with Gasteiger partial charge in [0, 0.05) is 4.88 Å². The third-order valence-electron chi connectivity index (χ3n) is 3.72. The molecule has 1 aromatic rings. The van der Waals surface area contributed by atoms with Gasteiger partial charge >= 0.3 is 0 Å². The van der Waals surface area contributed by atoms with Crippen LogP contribution in [0, 0.1) is 0 Å². The number of piperidine rings is 1. The molecule has 1 fully saturated rings. The van der Waals surface area contributed by atoms with E-state index in [1.807, 2.05) is 13.0 Å². The van der Waals surface area contributed by atoms with E-state index in [9.17, 15) is 4.79 Å². The third-order valence-corrected chi connectivity index (χ3v) is 4.71. The van der Waals surface area contributed by atoms with E-state index < -0.39 is 0 Å². The highest BCUT2D eigenvalue weighted by atomic mass is 32.1. The van der Waals surface area contributed by atoms with Crippen LogP contribution in [0.1, 0.15) is 50.4 Å². The Hall–Kier alpha value is -0.870. The molecule has 18 heavy (non-hydrogen) atoms. The lowest BCUT2D eigenvalue weighted by Gasteiger charge is -2.34. The summed E-state index contributed by atoms with van der Waals surface area (Å²) >= 11 is 1.71. The summed E-state index contributed by atoms with van der Waals surface area (Å²) in [6, 6.07) is 4.28. The summed E-state index contributed by atoms with van der Waals surface area (Å²) in [7, 11) is 0. The van der Waals surface area contributed by atoms with Crippen molar-refractivity contribution in [2.45, 2.75) is 51.1 Å². The minimum Gasteiger partial charge on any atom is -0.347 e. The SMILES string of the molecule is CCC(NC(=O)C1(C)CCCCN1)c1cccs1. The summed E-state index contributed by atoms with van der Waals surface area (Å²) in [6.45, 7) is 5.07. The minimum atomic E-state index is -0.386. The fourth-order valence-corrected chi connectivity index (χ4v) is 3.29. The molecule has 2 heterocycles. The van der Waals surface area contributed by atoms with Crippen LogP contribution in [0.2, 0.25) is 0 Å². The molecule has 0 bridgehead atoms. The fraction of sp³-hybridized carbons (Fsp3) is 0.643. The van der Waals surface area contributed by atoms with E-state index in [1.54, 1.807) is 11.3 Å². The Kier molecular flexibility index (Phi) is 4.40. The molecule has 2 atom stereocenters. The zero-order chi connectivity index (χ0) is 13.0. The molecule has 0 aliphatic carbocycles. The number of rotatable bonds is 4. The Morgan fingerprint density at radius 2 is 2.44 bits per heavy atom. The second kappa shape index (κ2) is 5.85. The van der Waals surface area contributed by atoms with E-state index in [2.05, 4.69) is 29.0 Å². The zero-order valence-corrected chi connectivity index (χ0v) is 12.0. The second-order valence-corrected chi connectivity index (χ2v) is 6.14. The maximum Gasteiger partial charge on any atom is 0.240 e. The maximum atomic E-state index is 12.4. The molecule has 1 saturated heterocycles. The van der Waals surface area contributed by atoms with Crippen LogP contribution in [0.15, 0.2) is 17.5 Å². The molecule has 3 nitrogen and oxygen atoms in total.